The number of hydrogen-bond acceptors (Lipinski definition) is 2. The fourth-order valence-electron chi connectivity index (χ4n) is 2.53. The maximum Gasteiger partial charge on any atom is 0.147 e. The molecule has 0 amide bonds. The second kappa shape index (κ2) is 7.23. The summed E-state index contributed by atoms with van der Waals surface area (Å²) in [4.78, 5) is 2.01. The Morgan fingerprint density at radius 3 is 2.38 bits per heavy atom. The summed E-state index contributed by atoms with van der Waals surface area (Å²) >= 11 is 0. The number of hydrogen-bond donors (Lipinski definition) is 1. The third-order valence-corrected chi connectivity index (χ3v) is 3.73. The van der Waals surface area contributed by atoms with E-state index in [9.17, 15) is 4.39 Å². The van der Waals surface area contributed by atoms with E-state index in [1.165, 1.54) is 6.07 Å². The highest BCUT2D eigenvalue weighted by Crippen LogP contribution is 2.31. The predicted octanol–water partition coefficient (Wildman–Crippen LogP) is 4.26. The lowest BCUT2D eigenvalue weighted by Crippen LogP contribution is -2.25. The molecule has 0 aromatic heterocycles. The molecule has 0 radical (unpaired) electrons. The average Bonchev–Trinajstić information content (AvgIpc) is 2.51. The highest BCUT2D eigenvalue weighted by Gasteiger charge is 2.17. The lowest BCUT2D eigenvalue weighted by Gasteiger charge is -2.27. The van der Waals surface area contributed by atoms with Crippen molar-refractivity contribution in [2.45, 2.75) is 32.7 Å². The van der Waals surface area contributed by atoms with E-state index in [4.69, 9.17) is 5.73 Å². The Kier molecular flexibility index (Phi) is 5.34. The molecule has 0 aliphatic carbocycles. The maximum atomic E-state index is 14.4. The van der Waals surface area contributed by atoms with Gasteiger partial charge >= 0.3 is 0 Å². The summed E-state index contributed by atoms with van der Waals surface area (Å²) in [5.41, 5.74) is 8.68. The van der Waals surface area contributed by atoms with Crippen molar-refractivity contribution in [3.8, 4) is 0 Å². The van der Waals surface area contributed by atoms with Crippen molar-refractivity contribution in [1.29, 1.82) is 0 Å². The van der Waals surface area contributed by atoms with Crippen molar-refractivity contribution in [1.82, 2.24) is 0 Å². The standard InChI is InChI=1S/C18H23FN2/c1-3-15(20)13-14-9-8-12-17(19)18(14)21(4-2)16-10-6-5-7-11-16/h5-12,15H,3-4,13,20H2,1-2H3. The van der Waals surface area contributed by atoms with E-state index in [2.05, 4.69) is 6.92 Å². The van der Waals surface area contributed by atoms with Gasteiger partial charge in [-0.1, -0.05) is 37.3 Å². The van der Waals surface area contributed by atoms with Gasteiger partial charge in [-0.25, -0.2) is 4.39 Å². The van der Waals surface area contributed by atoms with Gasteiger partial charge in [-0.05, 0) is 43.5 Å². The van der Waals surface area contributed by atoms with E-state index in [0.29, 0.717) is 18.7 Å². The molecule has 21 heavy (non-hydrogen) atoms. The molecular weight excluding hydrogens is 263 g/mol. The van der Waals surface area contributed by atoms with Crippen LogP contribution < -0.4 is 10.6 Å². The van der Waals surface area contributed by atoms with E-state index < -0.39 is 0 Å². The first-order valence-electron chi connectivity index (χ1n) is 7.52. The van der Waals surface area contributed by atoms with Crippen LogP contribution in [0.4, 0.5) is 15.8 Å². The van der Waals surface area contributed by atoms with E-state index in [1.807, 2.05) is 48.2 Å². The van der Waals surface area contributed by atoms with Crippen molar-refractivity contribution >= 4 is 11.4 Å². The summed E-state index contributed by atoms with van der Waals surface area (Å²) in [6, 6.07) is 15.2. The molecule has 0 aliphatic rings. The number of nitrogens with two attached hydrogens (primary N) is 1. The van der Waals surface area contributed by atoms with Gasteiger partial charge < -0.3 is 10.6 Å². The Labute approximate surface area is 126 Å². The zero-order chi connectivity index (χ0) is 15.2. The molecule has 0 fully saturated rings. The SMILES string of the molecule is CCC(N)Cc1cccc(F)c1N(CC)c1ccccc1. The number of para-hydroxylation sites is 2. The number of anilines is 2. The molecule has 3 heteroatoms. The molecule has 2 nitrogen and oxygen atoms in total. The lowest BCUT2D eigenvalue weighted by molar-refractivity contribution is 0.612. The minimum atomic E-state index is -0.193. The molecule has 2 aromatic carbocycles. The van der Waals surface area contributed by atoms with Crippen LogP contribution in [0.3, 0.4) is 0 Å². The molecular formula is C18H23FN2. The van der Waals surface area contributed by atoms with Crippen LogP contribution in [-0.2, 0) is 6.42 Å². The zero-order valence-electron chi connectivity index (χ0n) is 12.7. The molecule has 2 aromatic rings. The van der Waals surface area contributed by atoms with E-state index in [1.54, 1.807) is 6.07 Å². The minimum Gasteiger partial charge on any atom is -0.339 e. The zero-order valence-corrected chi connectivity index (χ0v) is 12.7. The summed E-state index contributed by atoms with van der Waals surface area (Å²) in [6.45, 7) is 4.79. The quantitative estimate of drug-likeness (QED) is 0.859. The fraction of sp³-hybridized carbons (Fsp3) is 0.333. The van der Waals surface area contributed by atoms with Crippen molar-refractivity contribution < 1.29 is 4.39 Å². The Morgan fingerprint density at radius 1 is 1.05 bits per heavy atom. The molecule has 0 bridgehead atoms. The third kappa shape index (κ3) is 3.61. The van der Waals surface area contributed by atoms with E-state index in [0.717, 1.165) is 17.7 Å². The molecule has 0 aliphatic heterocycles. The van der Waals surface area contributed by atoms with Gasteiger partial charge in [0.1, 0.15) is 5.82 Å². The van der Waals surface area contributed by atoms with Crippen molar-refractivity contribution in [3.05, 3.63) is 59.9 Å². The first-order valence-corrected chi connectivity index (χ1v) is 7.52. The highest BCUT2D eigenvalue weighted by molar-refractivity contribution is 5.67. The number of nitrogens with zero attached hydrogens (tertiary/aromatic N) is 1. The van der Waals surface area contributed by atoms with Crippen LogP contribution >= 0.6 is 0 Å². The van der Waals surface area contributed by atoms with Crippen LogP contribution in [0.5, 0.6) is 0 Å². The fourth-order valence-corrected chi connectivity index (χ4v) is 2.53. The highest BCUT2D eigenvalue weighted by atomic mass is 19.1. The molecule has 2 N–H and O–H groups in total. The van der Waals surface area contributed by atoms with Crippen LogP contribution in [0.1, 0.15) is 25.8 Å². The summed E-state index contributed by atoms with van der Waals surface area (Å²) in [5.74, 6) is -0.193. The monoisotopic (exact) mass is 286 g/mol. The van der Waals surface area contributed by atoms with Gasteiger partial charge in [0.25, 0.3) is 0 Å². The van der Waals surface area contributed by atoms with Gasteiger partial charge in [0, 0.05) is 18.3 Å². The van der Waals surface area contributed by atoms with Gasteiger partial charge in [0.05, 0.1) is 5.69 Å². The third-order valence-electron chi connectivity index (χ3n) is 3.73. The van der Waals surface area contributed by atoms with Crippen LogP contribution in [0.2, 0.25) is 0 Å². The molecule has 0 heterocycles. The maximum absolute atomic E-state index is 14.4. The Bertz CT molecular complexity index is 569. The summed E-state index contributed by atoms with van der Waals surface area (Å²) in [6.07, 6.45) is 1.57. The summed E-state index contributed by atoms with van der Waals surface area (Å²) < 4.78 is 14.4. The number of halogens is 1. The summed E-state index contributed by atoms with van der Waals surface area (Å²) in [5, 5.41) is 0. The van der Waals surface area contributed by atoms with Crippen molar-refractivity contribution in [2.75, 3.05) is 11.4 Å². The molecule has 1 atom stereocenters. The molecule has 0 spiro atoms. The van der Waals surface area contributed by atoms with Gasteiger partial charge in [-0.15, -0.1) is 0 Å². The molecule has 0 saturated carbocycles. The predicted molar refractivity (Wildman–Crippen MR) is 87.5 cm³/mol. The normalized spacial score (nSPS) is 12.2. The van der Waals surface area contributed by atoms with Gasteiger partial charge in [0.15, 0.2) is 0 Å². The Balaban J connectivity index is 2.45. The minimum absolute atomic E-state index is 0.0556. The molecule has 2 rings (SSSR count). The first-order chi connectivity index (χ1) is 10.2. The van der Waals surface area contributed by atoms with Crippen LogP contribution in [0.15, 0.2) is 48.5 Å². The Hall–Kier alpha value is -1.87. The van der Waals surface area contributed by atoms with Gasteiger partial charge in [-0.2, -0.15) is 0 Å². The van der Waals surface area contributed by atoms with Crippen LogP contribution in [-0.4, -0.2) is 12.6 Å². The second-order valence-corrected chi connectivity index (χ2v) is 5.20. The van der Waals surface area contributed by atoms with Crippen LogP contribution in [0.25, 0.3) is 0 Å². The smallest absolute Gasteiger partial charge is 0.147 e. The number of rotatable bonds is 6. The number of benzene rings is 2. The van der Waals surface area contributed by atoms with E-state index in [-0.39, 0.29) is 11.9 Å². The van der Waals surface area contributed by atoms with Crippen molar-refractivity contribution in [2.24, 2.45) is 5.73 Å². The molecule has 112 valence electrons. The Morgan fingerprint density at radius 2 is 1.76 bits per heavy atom. The average molecular weight is 286 g/mol. The summed E-state index contributed by atoms with van der Waals surface area (Å²) in [7, 11) is 0. The lowest BCUT2D eigenvalue weighted by atomic mass is 10.0. The van der Waals surface area contributed by atoms with Crippen LogP contribution in [0, 0.1) is 5.82 Å². The van der Waals surface area contributed by atoms with Gasteiger partial charge in [-0.3, -0.25) is 0 Å². The first kappa shape index (κ1) is 15.5. The largest absolute Gasteiger partial charge is 0.339 e. The van der Waals surface area contributed by atoms with E-state index >= 15 is 0 Å². The topological polar surface area (TPSA) is 29.3 Å². The second-order valence-electron chi connectivity index (χ2n) is 5.20. The molecule has 1 unspecified atom stereocenters. The van der Waals surface area contributed by atoms with Gasteiger partial charge in [0.2, 0.25) is 0 Å². The molecule has 0 saturated heterocycles. The van der Waals surface area contributed by atoms with Crippen molar-refractivity contribution in [3.63, 3.8) is 0 Å².